The van der Waals surface area contributed by atoms with E-state index in [1.807, 2.05) is 4.90 Å². The molecule has 0 aromatic rings. The summed E-state index contributed by atoms with van der Waals surface area (Å²) in [4.78, 5) is 14.1. The van der Waals surface area contributed by atoms with Gasteiger partial charge < -0.3 is 4.90 Å². The van der Waals surface area contributed by atoms with Gasteiger partial charge in [0.2, 0.25) is 5.91 Å². The summed E-state index contributed by atoms with van der Waals surface area (Å²) in [6.07, 6.45) is 4.30. The highest BCUT2D eigenvalue weighted by atomic mass is 16.2. The van der Waals surface area contributed by atoms with Crippen LogP contribution in [0.1, 0.15) is 47.5 Å². The molecule has 1 amide bonds. The molecular formula is C13H23NO. The average molecular weight is 209 g/mol. The monoisotopic (exact) mass is 209 g/mol. The predicted molar refractivity (Wildman–Crippen MR) is 63.6 cm³/mol. The van der Waals surface area contributed by atoms with Gasteiger partial charge in [-0.15, -0.1) is 0 Å². The van der Waals surface area contributed by atoms with Gasteiger partial charge in [-0.2, -0.15) is 0 Å². The van der Waals surface area contributed by atoms with Crippen LogP contribution < -0.4 is 0 Å². The molecule has 0 spiro atoms. The van der Waals surface area contributed by atoms with E-state index in [0.717, 1.165) is 19.4 Å². The highest BCUT2D eigenvalue weighted by Gasteiger charge is 2.37. The number of amides is 1. The van der Waals surface area contributed by atoms with Crippen molar-refractivity contribution in [3.05, 3.63) is 11.6 Å². The van der Waals surface area contributed by atoms with Crippen molar-refractivity contribution in [2.45, 2.75) is 53.0 Å². The Balaban J connectivity index is 2.69. The molecule has 1 aliphatic carbocycles. The first-order valence-corrected chi connectivity index (χ1v) is 5.77. The lowest BCUT2D eigenvalue weighted by Crippen LogP contribution is -2.46. The van der Waals surface area contributed by atoms with Crippen LogP contribution in [0.4, 0.5) is 0 Å². The first-order chi connectivity index (χ1) is 6.82. The standard InChI is InChI=1S/C13H23NO/c1-10(2)8-9-14(13(3,4)5)12(15)11-6-7-11/h8,11H,6-7,9H2,1-5H3. The van der Waals surface area contributed by atoms with E-state index in [2.05, 4.69) is 40.7 Å². The molecule has 1 fully saturated rings. The van der Waals surface area contributed by atoms with Crippen molar-refractivity contribution in [2.75, 3.05) is 6.54 Å². The SMILES string of the molecule is CC(C)=CCN(C(=O)C1CC1)C(C)(C)C. The van der Waals surface area contributed by atoms with E-state index >= 15 is 0 Å². The number of allylic oxidation sites excluding steroid dienone is 1. The second-order valence-electron chi connectivity index (χ2n) is 5.68. The second kappa shape index (κ2) is 4.38. The smallest absolute Gasteiger partial charge is 0.226 e. The summed E-state index contributed by atoms with van der Waals surface area (Å²) in [6, 6.07) is 0. The van der Waals surface area contributed by atoms with Crippen LogP contribution in [0.3, 0.4) is 0 Å². The third-order valence-electron chi connectivity index (χ3n) is 2.68. The Morgan fingerprint density at radius 1 is 1.33 bits per heavy atom. The number of rotatable bonds is 3. The molecule has 0 aromatic heterocycles. The number of carbonyl (C=O) groups excluding carboxylic acids is 1. The van der Waals surface area contributed by atoms with Gasteiger partial charge >= 0.3 is 0 Å². The normalized spacial score (nSPS) is 16.1. The molecule has 0 saturated heterocycles. The lowest BCUT2D eigenvalue weighted by Gasteiger charge is -2.35. The van der Waals surface area contributed by atoms with Crippen molar-refractivity contribution in [3.8, 4) is 0 Å². The highest BCUT2D eigenvalue weighted by molar-refractivity contribution is 5.81. The number of nitrogens with zero attached hydrogens (tertiary/aromatic N) is 1. The minimum atomic E-state index is -0.0639. The molecule has 2 heteroatoms. The van der Waals surface area contributed by atoms with Crippen molar-refractivity contribution in [3.63, 3.8) is 0 Å². The molecule has 0 atom stereocenters. The van der Waals surface area contributed by atoms with Crippen molar-refractivity contribution in [1.29, 1.82) is 0 Å². The molecule has 15 heavy (non-hydrogen) atoms. The largest absolute Gasteiger partial charge is 0.334 e. The van der Waals surface area contributed by atoms with Crippen LogP contribution in [0.25, 0.3) is 0 Å². The zero-order valence-electron chi connectivity index (χ0n) is 10.6. The molecule has 1 aliphatic rings. The molecule has 0 heterocycles. The fourth-order valence-corrected chi connectivity index (χ4v) is 1.52. The van der Waals surface area contributed by atoms with Crippen LogP contribution in [0.2, 0.25) is 0 Å². The Hall–Kier alpha value is -0.790. The van der Waals surface area contributed by atoms with E-state index < -0.39 is 0 Å². The lowest BCUT2D eigenvalue weighted by atomic mass is 10.0. The summed E-state index contributed by atoms with van der Waals surface area (Å²) < 4.78 is 0. The van der Waals surface area contributed by atoms with E-state index in [-0.39, 0.29) is 5.54 Å². The Labute approximate surface area is 93.3 Å². The number of carbonyl (C=O) groups is 1. The molecule has 0 bridgehead atoms. The zero-order valence-corrected chi connectivity index (χ0v) is 10.6. The van der Waals surface area contributed by atoms with E-state index in [9.17, 15) is 4.79 Å². The van der Waals surface area contributed by atoms with E-state index in [0.29, 0.717) is 11.8 Å². The van der Waals surface area contributed by atoms with Gasteiger partial charge in [-0.3, -0.25) is 4.79 Å². The zero-order chi connectivity index (χ0) is 11.6. The van der Waals surface area contributed by atoms with Gasteiger partial charge in [-0.1, -0.05) is 11.6 Å². The predicted octanol–water partition coefficient (Wildman–Crippen LogP) is 2.99. The summed E-state index contributed by atoms with van der Waals surface area (Å²) in [5, 5.41) is 0. The van der Waals surface area contributed by atoms with Crippen molar-refractivity contribution >= 4 is 5.91 Å². The molecule has 0 aromatic carbocycles. The van der Waals surface area contributed by atoms with Gasteiger partial charge in [-0.05, 0) is 47.5 Å². The number of hydrogen-bond acceptors (Lipinski definition) is 1. The summed E-state index contributed by atoms with van der Waals surface area (Å²) in [7, 11) is 0. The fraction of sp³-hybridized carbons (Fsp3) is 0.769. The van der Waals surface area contributed by atoms with Gasteiger partial charge in [0.25, 0.3) is 0 Å². The Morgan fingerprint density at radius 3 is 2.20 bits per heavy atom. The topological polar surface area (TPSA) is 20.3 Å². The van der Waals surface area contributed by atoms with Crippen molar-refractivity contribution < 1.29 is 4.79 Å². The van der Waals surface area contributed by atoms with Gasteiger partial charge in [0.1, 0.15) is 0 Å². The Morgan fingerprint density at radius 2 is 1.87 bits per heavy atom. The third kappa shape index (κ3) is 3.69. The average Bonchev–Trinajstić information content (AvgIpc) is 2.82. The summed E-state index contributed by atoms with van der Waals surface area (Å²) >= 11 is 0. The summed E-state index contributed by atoms with van der Waals surface area (Å²) in [6.45, 7) is 11.2. The van der Waals surface area contributed by atoms with E-state index in [1.165, 1.54) is 5.57 Å². The van der Waals surface area contributed by atoms with Crippen LogP contribution in [0.15, 0.2) is 11.6 Å². The molecule has 0 radical (unpaired) electrons. The maximum Gasteiger partial charge on any atom is 0.226 e. The Bertz CT molecular complexity index is 265. The Kier molecular flexibility index (Phi) is 3.58. The van der Waals surface area contributed by atoms with Crippen LogP contribution in [-0.4, -0.2) is 22.9 Å². The summed E-state index contributed by atoms with van der Waals surface area (Å²) in [5.41, 5.74) is 1.21. The molecule has 1 rings (SSSR count). The molecular weight excluding hydrogens is 186 g/mol. The van der Waals surface area contributed by atoms with Crippen LogP contribution in [0.5, 0.6) is 0 Å². The fourth-order valence-electron chi connectivity index (χ4n) is 1.52. The van der Waals surface area contributed by atoms with Crippen molar-refractivity contribution in [1.82, 2.24) is 4.90 Å². The van der Waals surface area contributed by atoms with Gasteiger partial charge in [0.15, 0.2) is 0 Å². The van der Waals surface area contributed by atoms with E-state index in [4.69, 9.17) is 0 Å². The summed E-state index contributed by atoms with van der Waals surface area (Å²) in [5.74, 6) is 0.648. The molecule has 0 N–H and O–H groups in total. The third-order valence-corrected chi connectivity index (χ3v) is 2.68. The van der Waals surface area contributed by atoms with Crippen molar-refractivity contribution in [2.24, 2.45) is 5.92 Å². The highest BCUT2D eigenvalue weighted by Crippen LogP contribution is 2.33. The molecule has 1 saturated carbocycles. The lowest BCUT2D eigenvalue weighted by molar-refractivity contribution is -0.136. The molecule has 86 valence electrons. The second-order valence-corrected chi connectivity index (χ2v) is 5.68. The quantitative estimate of drug-likeness (QED) is 0.654. The minimum Gasteiger partial charge on any atom is -0.334 e. The molecule has 0 unspecified atom stereocenters. The van der Waals surface area contributed by atoms with Crippen LogP contribution in [0, 0.1) is 5.92 Å². The first kappa shape index (κ1) is 12.3. The molecule has 0 aliphatic heterocycles. The van der Waals surface area contributed by atoms with Gasteiger partial charge in [-0.25, -0.2) is 0 Å². The van der Waals surface area contributed by atoms with Gasteiger partial charge in [0, 0.05) is 18.0 Å². The van der Waals surface area contributed by atoms with Gasteiger partial charge in [0.05, 0.1) is 0 Å². The maximum atomic E-state index is 12.1. The first-order valence-electron chi connectivity index (χ1n) is 5.77. The van der Waals surface area contributed by atoms with E-state index in [1.54, 1.807) is 0 Å². The maximum absolute atomic E-state index is 12.1. The molecule has 2 nitrogen and oxygen atoms in total. The number of hydrogen-bond donors (Lipinski definition) is 0. The van der Waals surface area contributed by atoms with Crippen LogP contribution in [-0.2, 0) is 4.79 Å². The minimum absolute atomic E-state index is 0.0639. The van der Waals surface area contributed by atoms with Crippen LogP contribution >= 0.6 is 0 Å².